The van der Waals surface area contributed by atoms with Crippen LogP contribution in [-0.2, 0) is 11.2 Å². The van der Waals surface area contributed by atoms with Crippen LogP contribution in [0.1, 0.15) is 12.5 Å². The van der Waals surface area contributed by atoms with Crippen LogP contribution in [0.3, 0.4) is 0 Å². The van der Waals surface area contributed by atoms with Gasteiger partial charge in [0.1, 0.15) is 11.6 Å². The summed E-state index contributed by atoms with van der Waals surface area (Å²) in [6.45, 7) is 1.76. The van der Waals surface area contributed by atoms with E-state index in [0.29, 0.717) is 18.4 Å². The quantitative estimate of drug-likeness (QED) is 0.734. The zero-order valence-electron chi connectivity index (χ0n) is 7.76. The maximum absolute atomic E-state index is 12.7. The number of amides is 1. The molecule has 76 valence electrons. The molecule has 1 rings (SSSR count). The van der Waals surface area contributed by atoms with Crippen molar-refractivity contribution >= 4 is 6.41 Å². The van der Waals surface area contributed by atoms with Crippen LogP contribution in [-0.4, -0.2) is 12.5 Å². The zero-order chi connectivity index (χ0) is 10.6. The van der Waals surface area contributed by atoms with Crippen molar-refractivity contribution in [2.45, 2.75) is 19.4 Å². The molecular weight excluding hydrogens is 188 g/mol. The van der Waals surface area contributed by atoms with Crippen molar-refractivity contribution in [3.63, 3.8) is 0 Å². The molecule has 0 aromatic heterocycles. The molecule has 0 saturated carbocycles. The number of carbonyl (C=O) groups is 1. The van der Waals surface area contributed by atoms with Gasteiger partial charge in [-0.05, 0) is 31.0 Å². The summed E-state index contributed by atoms with van der Waals surface area (Å²) < 4.78 is 25.5. The molecule has 0 aliphatic heterocycles. The van der Waals surface area contributed by atoms with Crippen LogP contribution >= 0.6 is 0 Å². The molecule has 1 atom stereocenters. The van der Waals surface area contributed by atoms with Crippen molar-refractivity contribution in [2.75, 3.05) is 0 Å². The highest BCUT2D eigenvalue weighted by atomic mass is 19.1. The van der Waals surface area contributed by atoms with Crippen LogP contribution in [0.2, 0.25) is 0 Å². The molecule has 0 heterocycles. The molecule has 0 fully saturated rings. The molecule has 1 unspecified atom stereocenters. The highest BCUT2D eigenvalue weighted by Gasteiger charge is 2.04. The Balaban J connectivity index is 2.71. The Labute approximate surface area is 80.9 Å². The third-order valence-electron chi connectivity index (χ3n) is 1.82. The van der Waals surface area contributed by atoms with Gasteiger partial charge >= 0.3 is 0 Å². The minimum absolute atomic E-state index is 0.131. The van der Waals surface area contributed by atoms with E-state index in [9.17, 15) is 13.6 Å². The van der Waals surface area contributed by atoms with E-state index < -0.39 is 11.6 Å². The van der Waals surface area contributed by atoms with E-state index in [-0.39, 0.29) is 6.04 Å². The van der Waals surface area contributed by atoms with Crippen molar-refractivity contribution < 1.29 is 13.6 Å². The lowest BCUT2D eigenvalue weighted by Crippen LogP contribution is -2.26. The van der Waals surface area contributed by atoms with E-state index >= 15 is 0 Å². The standard InChI is InChI=1S/C10H11F2NO/c1-7(13-6-14)2-8-3-9(11)5-10(12)4-8/h3-7H,2H2,1H3,(H,13,14). The third-order valence-corrected chi connectivity index (χ3v) is 1.82. The topological polar surface area (TPSA) is 29.1 Å². The van der Waals surface area contributed by atoms with Crippen molar-refractivity contribution in [1.82, 2.24) is 5.32 Å². The smallest absolute Gasteiger partial charge is 0.207 e. The van der Waals surface area contributed by atoms with Gasteiger partial charge in [-0.3, -0.25) is 4.79 Å². The molecular formula is C10H11F2NO. The molecule has 0 bridgehead atoms. The summed E-state index contributed by atoms with van der Waals surface area (Å²) in [4.78, 5) is 10.1. The van der Waals surface area contributed by atoms with Crippen LogP contribution in [0.25, 0.3) is 0 Å². The monoisotopic (exact) mass is 199 g/mol. The second kappa shape index (κ2) is 4.69. The second-order valence-electron chi connectivity index (χ2n) is 3.17. The first-order chi connectivity index (χ1) is 6.61. The van der Waals surface area contributed by atoms with E-state index in [0.717, 1.165) is 6.07 Å². The minimum Gasteiger partial charge on any atom is -0.356 e. The summed E-state index contributed by atoms with van der Waals surface area (Å²) in [7, 11) is 0. The van der Waals surface area contributed by atoms with E-state index in [1.54, 1.807) is 6.92 Å². The number of hydrogen-bond acceptors (Lipinski definition) is 1. The Morgan fingerprint density at radius 2 is 1.93 bits per heavy atom. The van der Waals surface area contributed by atoms with Gasteiger partial charge in [-0.25, -0.2) is 8.78 Å². The summed E-state index contributed by atoms with van der Waals surface area (Å²) in [5, 5.41) is 2.51. The molecule has 1 N–H and O–H groups in total. The number of rotatable bonds is 4. The Morgan fingerprint density at radius 3 is 2.43 bits per heavy atom. The fourth-order valence-corrected chi connectivity index (χ4v) is 1.26. The second-order valence-corrected chi connectivity index (χ2v) is 3.17. The first-order valence-corrected chi connectivity index (χ1v) is 4.26. The fraction of sp³-hybridized carbons (Fsp3) is 0.300. The number of carbonyl (C=O) groups excluding carboxylic acids is 1. The average Bonchev–Trinajstić information content (AvgIpc) is 2.01. The van der Waals surface area contributed by atoms with E-state index in [1.807, 2.05) is 0 Å². The fourth-order valence-electron chi connectivity index (χ4n) is 1.26. The van der Waals surface area contributed by atoms with Crippen LogP contribution in [0.4, 0.5) is 8.78 Å². The molecule has 2 nitrogen and oxygen atoms in total. The maximum Gasteiger partial charge on any atom is 0.207 e. The van der Waals surface area contributed by atoms with E-state index in [1.165, 1.54) is 12.1 Å². The summed E-state index contributed by atoms with van der Waals surface area (Å²) in [6, 6.07) is 3.20. The lowest BCUT2D eigenvalue weighted by Gasteiger charge is -2.09. The third kappa shape index (κ3) is 3.12. The van der Waals surface area contributed by atoms with Gasteiger partial charge in [-0.2, -0.15) is 0 Å². The van der Waals surface area contributed by atoms with Crippen molar-refractivity contribution in [3.8, 4) is 0 Å². The first-order valence-electron chi connectivity index (χ1n) is 4.26. The van der Waals surface area contributed by atoms with Crippen molar-refractivity contribution in [2.24, 2.45) is 0 Å². The Kier molecular flexibility index (Phi) is 3.56. The van der Waals surface area contributed by atoms with Crippen molar-refractivity contribution in [3.05, 3.63) is 35.4 Å². The normalized spacial score (nSPS) is 12.2. The van der Waals surface area contributed by atoms with E-state index in [4.69, 9.17) is 0 Å². The van der Waals surface area contributed by atoms with Crippen molar-refractivity contribution in [1.29, 1.82) is 0 Å². The summed E-state index contributed by atoms with van der Waals surface area (Å²) in [5.41, 5.74) is 0.532. The molecule has 0 aliphatic carbocycles. The summed E-state index contributed by atoms with van der Waals surface area (Å²) in [6.07, 6.45) is 0.980. The average molecular weight is 199 g/mol. The molecule has 14 heavy (non-hydrogen) atoms. The zero-order valence-corrected chi connectivity index (χ0v) is 7.76. The maximum atomic E-state index is 12.7. The molecule has 1 amide bonds. The Morgan fingerprint density at radius 1 is 1.36 bits per heavy atom. The van der Waals surface area contributed by atoms with E-state index in [2.05, 4.69) is 5.32 Å². The summed E-state index contributed by atoms with van der Waals surface area (Å²) >= 11 is 0. The Hall–Kier alpha value is -1.45. The van der Waals surface area contributed by atoms with Gasteiger partial charge < -0.3 is 5.32 Å². The number of hydrogen-bond donors (Lipinski definition) is 1. The first kappa shape index (κ1) is 10.6. The van der Waals surface area contributed by atoms with Crippen LogP contribution in [0.15, 0.2) is 18.2 Å². The lowest BCUT2D eigenvalue weighted by atomic mass is 10.1. The molecule has 1 aromatic rings. The Bertz CT molecular complexity index is 308. The molecule has 0 spiro atoms. The van der Waals surface area contributed by atoms with Gasteiger partial charge in [0.25, 0.3) is 0 Å². The largest absolute Gasteiger partial charge is 0.356 e. The molecule has 0 radical (unpaired) electrons. The number of halogens is 2. The van der Waals surface area contributed by atoms with Gasteiger partial charge in [-0.1, -0.05) is 0 Å². The molecule has 0 saturated heterocycles. The minimum atomic E-state index is -0.599. The van der Waals surface area contributed by atoms with Crippen LogP contribution in [0.5, 0.6) is 0 Å². The number of benzene rings is 1. The van der Waals surface area contributed by atoms with Gasteiger partial charge in [0.15, 0.2) is 0 Å². The van der Waals surface area contributed by atoms with Gasteiger partial charge in [-0.15, -0.1) is 0 Å². The molecule has 0 aliphatic rings. The summed E-state index contributed by atoms with van der Waals surface area (Å²) in [5.74, 6) is -1.20. The molecule has 1 aromatic carbocycles. The van der Waals surface area contributed by atoms with Crippen LogP contribution in [0, 0.1) is 11.6 Å². The highest BCUT2D eigenvalue weighted by molar-refractivity contribution is 5.46. The molecule has 4 heteroatoms. The highest BCUT2D eigenvalue weighted by Crippen LogP contribution is 2.09. The van der Waals surface area contributed by atoms with Gasteiger partial charge in [0.2, 0.25) is 6.41 Å². The SMILES string of the molecule is CC(Cc1cc(F)cc(F)c1)NC=O. The van der Waals surface area contributed by atoms with Crippen LogP contribution < -0.4 is 5.32 Å². The van der Waals surface area contributed by atoms with Gasteiger partial charge in [0, 0.05) is 12.1 Å². The predicted molar refractivity (Wildman–Crippen MR) is 48.7 cm³/mol. The lowest BCUT2D eigenvalue weighted by molar-refractivity contribution is -0.110. The van der Waals surface area contributed by atoms with Gasteiger partial charge in [0.05, 0.1) is 0 Å². The predicted octanol–water partition coefficient (Wildman–Crippen LogP) is 1.64. The number of nitrogens with one attached hydrogen (secondary N) is 1.